The molecule has 6 N–H and O–H groups in total. The van der Waals surface area contributed by atoms with Crippen molar-refractivity contribution in [1.29, 1.82) is 0 Å². The SMILES string of the molecule is CC/C=C\C/C=C\C/C=C\C/C=C\C/C=C\C/C=C\CCCCCCC(=O)OC1C(OCC(NC(=O)C(O)CC/C=C\C/C=C\C/C=C\C/C=C\CCCCC)C(O)/C=C/CCCCCCCCCCCCC)OC(CO)C(O)C1O. The van der Waals surface area contributed by atoms with Gasteiger partial charge in [0.05, 0.1) is 25.4 Å². The summed E-state index contributed by atoms with van der Waals surface area (Å²) < 4.78 is 17.6. The van der Waals surface area contributed by atoms with Crippen LogP contribution in [-0.2, 0) is 23.8 Å². The smallest absolute Gasteiger partial charge is 0.306 e. The van der Waals surface area contributed by atoms with Crippen LogP contribution >= 0.6 is 0 Å². The van der Waals surface area contributed by atoms with Crippen LogP contribution in [0.5, 0.6) is 0 Å². The van der Waals surface area contributed by atoms with Gasteiger partial charge < -0.3 is 45.1 Å². The molecule has 460 valence electrons. The first-order valence-corrected chi connectivity index (χ1v) is 32.0. The molecule has 0 saturated carbocycles. The minimum absolute atomic E-state index is 0.0790. The molecule has 0 aromatic carbocycles. The number of carbonyl (C=O) groups excluding carboxylic acids is 2. The maximum Gasteiger partial charge on any atom is 0.306 e. The summed E-state index contributed by atoms with van der Waals surface area (Å²) in [6, 6.07) is -1.07. The fraction of sp³-hybridized carbons (Fsp3) is 0.657. The minimum Gasteiger partial charge on any atom is -0.454 e. The van der Waals surface area contributed by atoms with Gasteiger partial charge in [0.2, 0.25) is 5.91 Å². The number of amides is 1. The average molecular weight is 1130 g/mol. The number of rotatable bonds is 52. The van der Waals surface area contributed by atoms with Crippen molar-refractivity contribution in [2.45, 2.75) is 282 Å². The fourth-order valence-electron chi connectivity index (χ4n) is 9.00. The number of carbonyl (C=O) groups is 2. The molecule has 1 rings (SSSR count). The lowest BCUT2D eigenvalue weighted by atomic mass is 9.99. The molecule has 1 aliphatic rings. The zero-order valence-electron chi connectivity index (χ0n) is 50.8. The van der Waals surface area contributed by atoms with E-state index in [1.165, 1.54) is 70.6 Å². The Kier molecular flexibility index (Phi) is 52.0. The first-order valence-electron chi connectivity index (χ1n) is 32.0. The van der Waals surface area contributed by atoms with E-state index in [0.29, 0.717) is 12.8 Å². The Labute approximate surface area is 493 Å². The van der Waals surface area contributed by atoms with E-state index in [0.717, 1.165) is 116 Å². The molecule has 8 unspecified atom stereocenters. The Balaban J connectivity index is 2.73. The second kappa shape index (κ2) is 56.3. The van der Waals surface area contributed by atoms with Crippen molar-refractivity contribution in [2.24, 2.45) is 0 Å². The van der Waals surface area contributed by atoms with Crippen molar-refractivity contribution in [2.75, 3.05) is 13.2 Å². The largest absolute Gasteiger partial charge is 0.454 e. The lowest BCUT2D eigenvalue weighted by Gasteiger charge is -2.41. The summed E-state index contributed by atoms with van der Waals surface area (Å²) in [5.41, 5.74) is 0. The van der Waals surface area contributed by atoms with Crippen LogP contribution in [-0.4, -0.2) is 99.6 Å². The third-order valence-corrected chi connectivity index (χ3v) is 14.0. The van der Waals surface area contributed by atoms with Gasteiger partial charge in [-0.25, -0.2) is 0 Å². The molecule has 0 bridgehead atoms. The van der Waals surface area contributed by atoms with Gasteiger partial charge in [0.25, 0.3) is 0 Å². The summed E-state index contributed by atoms with van der Waals surface area (Å²) in [5.74, 6) is -1.29. The molecular weight excluding hydrogens is 1010 g/mol. The number of allylic oxidation sites excluding steroid dienone is 21. The van der Waals surface area contributed by atoms with Crippen LogP contribution < -0.4 is 5.32 Å². The van der Waals surface area contributed by atoms with Crippen LogP contribution in [0.2, 0.25) is 0 Å². The lowest BCUT2D eigenvalue weighted by Crippen LogP contribution is -2.61. The fourth-order valence-corrected chi connectivity index (χ4v) is 9.00. The van der Waals surface area contributed by atoms with E-state index in [1.807, 2.05) is 18.2 Å². The van der Waals surface area contributed by atoms with Crippen LogP contribution in [0.3, 0.4) is 0 Å². The Morgan fingerprint density at radius 2 is 0.889 bits per heavy atom. The molecule has 1 heterocycles. The van der Waals surface area contributed by atoms with Crippen LogP contribution in [0.15, 0.2) is 134 Å². The zero-order valence-corrected chi connectivity index (χ0v) is 50.8. The van der Waals surface area contributed by atoms with Gasteiger partial charge in [0.1, 0.15) is 24.4 Å². The molecule has 8 atom stereocenters. The number of aliphatic hydroxyl groups is 5. The molecule has 0 aromatic rings. The number of hydrogen-bond donors (Lipinski definition) is 6. The maximum absolute atomic E-state index is 13.4. The van der Waals surface area contributed by atoms with Crippen molar-refractivity contribution in [3.05, 3.63) is 134 Å². The average Bonchev–Trinajstić information content (AvgIpc) is 3.53. The molecule has 11 nitrogen and oxygen atoms in total. The summed E-state index contributed by atoms with van der Waals surface area (Å²) in [6.07, 6.45) is 69.2. The van der Waals surface area contributed by atoms with Gasteiger partial charge in [0, 0.05) is 6.42 Å². The van der Waals surface area contributed by atoms with E-state index in [9.17, 15) is 35.1 Å². The third-order valence-electron chi connectivity index (χ3n) is 14.0. The third kappa shape index (κ3) is 44.1. The van der Waals surface area contributed by atoms with E-state index in [4.69, 9.17) is 14.2 Å². The van der Waals surface area contributed by atoms with Crippen LogP contribution in [0.1, 0.15) is 233 Å². The number of ether oxygens (including phenoxy) is 3. The molecule has 81 heavy (non-hydrogen) atoms. The topological polar surface area (TPSA) is 175 Å². The highest BCUT2D eigenvalue weighted by molar-refractivity contribution is 5.80. The number of unbranched alkanes of at least 4 members (excludes halogenated alkanes) is 18. The molecule has 0 spiro atoms. The quantitative estimate of drug-likeness (QED) is 0.0195. The highest BCUT2D eigenvalue weighted by atomic mass is 16.7. The number of hydrogen-bond acceptors (Lipinski definition) is 10. The van der Waals surface area contributed by atoms with E-state index in [2.05, 4.69) is 135 Å². The van der Waals surface area contributed by atoms with E-state index < -0.39 is 67.4 Å². The van der Waals surface area contributed by atoms with Crippen molar-refractivity contribution in [1.82, 2.24) is 5.32 Å². The molecule has 1 fully saturated rings. The molecule has 1 amide bonds. The summed E-state index contributed by atoms with van der Waals surface area (Å²) in [5, 5.41) is 57.0. The predicted octanol–water partition coefficient (Wildman–Crippen LogP) is 15.6. The second-order valence-corrected chi connectivity index (χ2v) is 21.4. The molecule has 1 aliphatic heterocycles. The number of aliphatic hydroxyl groups excluding tert-OH is 5. The predicted molar refractivity (Wildman–Crippen MR) is 337 cm³/mol. The summed E-state index contributed by atoms with van der Waals surface area (Å²) in [6.45, 7) is 5.59. The van der Waals surface area contributed by atoms with Crippen LogP contribution in [0.25, 0.3) is 0 Å². The Bertz CT molecular complexity index is 1830. The Morgan fingerprint density at radius 1 is 0.494 bits per heavy atom. The van der Waals surface area contributed by atoms with Gasteiger partial charge in [-0.05, 0) is 116 Å². The molecule has 0 aliphatic carbocycles. The number of nitrogens with one attached hydrogen (secondary N) is 1. The van der Waals surface area contributed by atoms with Gasteiger partial charge in [0.15, 0.2) is 12.4 Å². The summed E-state index contributed by atoms with van der Waals surface area (Å²) in [7, 11) is 0. The highest BCUT2D eigenvalue weighted by Crippen LogP contribution is 2.26. The minimum atomic E-state index is -1.64. The molecule has 11 heteroatoms. The normalized spacial score (nSPS) is 19.6. The van der Waals surface area contributed by atoms with Crippen LogP contribution in [0.4, 0.5) is 0 Å². The molecule has 0 aromatic heterocycles. The first kappa shape index (κ1) is 74.8. The van der Waals surface area contributed by atoms with E-state index in [-0.39, 0.29) is 19.4 Å². The monoisotopic (exact) mass is 1130 g/mol. The van der Waals surface area contributed by atoms with Crippen molar-refractivity contribution in [3.63, 3.8) is 0 Å². The van der Waals surface area contributed by atoms with Crippen molar-refractivity contribution < 1.29 is 49.3 Å². The Morgan fingerprint density at radius 3 is 1.36 bits per heavy atom. The molecule has 0 radical (unpaired) electrons. The lowest BCUT2D eigenvalue weighted by molar-refractivity contribution is -0.305. The van der Waals surface area contributed by atoms with Gasteiger partial charge in [-0.2, -0.15) is 0 Å². The van der Waals surface area contributed by atoms with E-state index in [1.54, 1.807) is 6.08 Å². The van der Waals surface area contributed by atoms with Gasteiger partial charge in [-0.15, -0.1) is 0 Å². The zero-order chi connectivity index (χ0) is 58.9. The first-order chi connectivity index (χ1) is 39.7. The second-order valence-electron chi connectivity index (χ2n) is 21.4. The van der Waals surface area contributed by atoms with E-state index >= 15 is 0 Å². The van der Waals surface area contributed by atoms with Gasteiger partial charge >= 0.3 is 5.97 Å². The summed E-state index contributed by atoms with van der Waals surface area (Å²) >= 11 is 0. The summed E-state index contributed by atoms with van der Waals surface area (Å²) in [4.78, 5) is 26.6. The molecule has 1 saturated heterocycles. The van der Waals surface area contributed by atoms with Crippen molar-refractivity contribution in [3.8, 4) is 0 Å². The van der Waals surface area contributed by atoms with Crippen LogP contribution in [0, 0.1) is 0 Å². The van der Waals surface area contributed by atoms with Crippen molar-refractivity contribution >= 4 is 11.9 Å². The van der Waals surface area contributed by atoms with Gasteiger partial charge in [-0.3, -0.25) is 9.59 Å². The highest BCUT2D eigenvalue weighted by Gasteiger charge is 2.47. The Hall–Kier alpha value is -4.20. The van der Waals surface area contributed by atoms with Gasteiger partial charge in [-0.1, -0.05) is 244 Å². The standard InChI is InChI=1S/C70H115NO10/c1-4-7-10-13-16-19-22-25-27-29-30-31-32-33-34-35-37-40-43-46-49-52-55-58-65(75)81-68-67(77)66(76)64(59-72)80-70(68)79-60-61(62(73)56-53-50-47-44-41-38-24-21-18-15-12-9-6-3)71-69(78)63(74)57-54-51-48-45-42-39-36-28-26-23-20-17-14-11-8-5-2/h7,10,16-17,19-20,25-28,30-31,33-34,37,39-40,42,48,51,53,56,61-64,66-68,70,72-74,76-77H,4-6,8-9,11-15,18,21-24,29,32,35-36,38,41,43-47,49-50,52,54-55,57-60H2,1-3H3,(H,71,78)/b10-7-,19-16-,20-17-,27-25-,28-26-,31-30-,34-33-,40-37-,42-39-,51-48-,56-53+. The maximum atomic E-state index is 13.4. The molecular formula is C70H115NO10. The number of esters is 1.